The summed E-state index contributed by atoms with van der Waals surface area (Å²) >= 11 is 6.66. The molecule has 32 heteroatoms. The highest BCUT2D eigenvalue weighted by molar-refractivity contribution is 9.10. The zero-order valence-corrected chi connectivity index (χ0v) is 65.7. The Kier molecular flexibility index (Phi) is 24.7. The van der Waals surface area contributed by atoms with E-state index in [2.05, 4.69) is 82.4 Å². The van der Waals surface area contributed by atoms with Crippen LogP contribution in [0.5, 0.6) is 17.6 Å². The van der Waals surface area contributed by atoms with Gasteiger partial charge in [0.25, 0.3) is 0 Å². The molecule has 12 heterocycles. The number of hydrogen-bond acceptors (Lipinski definition) is 20. The van der Waals surface area contributed by atoms with Gasteiger partial charge < -0.3 is 34.7 Å². The summed E-state index contributed by atoms with van der Waals surface area (Å²) in [6, 6.07) is 39.9. The van der Waals surface area contributed by atoms with E-state index in [1.807, 2.05) is 71.9 Å². The van der Waals surface area contributed by atoms with Crippen LogP contribution in [0.2, 0.25) is 0 Å². The van der Waals surface area contributed by atoms with Crippen molar-refractivity contribution in [2.24, 2.45) is 11.7 Å². The second kappa shape index (κ2) is 34.7. The Balaban J connectivity index is 0.000000144. The number of nitrogens with one attached hydrogen (secondary N) is 1. The first-order valence-electron chi connectivity index (χ1n) is 35.8. The predicted molar refractivity (Wildman–Crippen MR) is 417 cm³/mol. The summed E-state index contributed by atoms with van der Waals surface area (Å²) in [5.41, 5.74) is 11.9. The Labute approximate surface area is 658 Å². The molecule has 0 unspecified atom stereocenters. The fourth-order valence-electron chi connectivity index (χ4n) is 12.3. The van der Waals surface area contributed by atoms with Gasteiger partial charge in [-0.05, 0) is 208 Å². The van der Waals surface area contributed by atoms with Crippen LogP contribution in [-0.2, 0) is 28.7 Å². The number of carbonyl (C=O) groups is 5. The summed E-state index contributed by atoms with van der Waals surface area (Å²) in [6.45, 7) is 17.6. The summed E-state index contributed by atoms with van der Waals surface area (Å²) in [7, 11) is 0. The van der Waals surface area contributed by atoms with Gasteiger partial charge in [0.1, 0.15) is 69.0 Å². The van der Waals surface area contributed by atoms with Crippen molar-refractivity contribution in [2.75, 3.05) is 34.3 Å². The van der Waals surface area contributed by atoms with E-state index in [1.54, 1.807) is 165 Å². The minimum atomic E-state index is -0.560. The molecule has 0 aliphatic carbocycles. The number of nitrogens with zero attached hydrogens (tertiary/aromatic N) is 15. The van der Waals surface area contributed by atoms with E-state index in [-0.39, 0.29) is 90.6 Å². The van der Waals surface area contributed by atoms with E-state index in [1.165, 1.54) is 36.4 Å². The molecule has 0 radical (unpaired) electrons. The number of alkyl carbamates (subject to hydrolysis) is 1. The van der Waals surface area contributed by atoms with Crippen LogP contribution < -0.4 is 40.0 Å². The maximum atomic E-state index is 13.6. The van der Waals surface area contributed by atoms with Crippen LogP contribution in [-0.4, -0.2) is 131 Å². The molecule has 4 amide bonds. The summed E-state index contributed by atoms with van der Waals surface area (Å²) in [4.78, 5) is 91.6. The Morgan fingerprint density at radius 2 is 0.911 bits per heavy atom. The van der Waals surface area contributed by atoms with Gasteiger partial charge in [-0.25, -0.2) is 61.4 Å². The first-order valence-corrected chi connectivity index (χ1v) is 37.4. The minimum absolute atomic E-state index is 0.0246. The number of halogens is 5. The average Bonchev–Trinajstić information content (AvgIpc) is 1.62. The number of benzene rings is 3. The van der Waals surface area contributed by atoms with Gasteiger partial charge >= 0.3 is 12.1 Å². The van der Waals surface area contributed by atoms with Gasteiger partial charge in [0.2, 0.25) is 35.4 Å². The molecule has 112 heavy (non-hydrogen) atoms. The number of amides is 4. The van der Waals surface area contributed by atoms with Crippen molar-refractivity contribution in [1.82, 2.24) is 64.1 Å². The van der Waals surface area contributed by atoms with Crippen molar-refractivity contribution in [3.8, 4) is 40.2 Å². The van der Waals surface area contributed by atoms with E-state index in [0.717, 1.165) is 37.1 Å². The maximum Gasteiger partial charge on any atom is 0.407 e. The molecule has 6 atom stereocenters. The van der Waals surface area contributed by atoms with Crippen LogP contribution in [0.3, 0.4) is 0 Å². The third-order valence-electron chi connectivity index (χ3n) is 17.5. The van der Waals surface area contributed by atoms with E-state index in [0.29, 0.717) is 89.3 Å². The second-order valence-electron chi connectivity index (χ2n) is 28.7. The number of pyridine rings is 3. The van der Waals surface area contributed by atoms with Gasteiger partial charge in [-0.1, -0.05) is 36.4 Å². The third kappa shape index (κ3) is 20.6. The number of anilines is 3. The fourth-order valence-corrected chi connectivity index (χ4v) is 12.9. The van der Waals surface area contributed by atoms with E-state index in [4.69, 9.17) is 29.4 Å². The lowest BCUT2D eigenvalue weighted by Gasteiger charge is -2.21. The van der Waals surface area contributed by atoms with E-state index in [9.17, 15) is 37.1 Å². The molecular weight excluding hydrogens is 1580 g/mol. The Morgan fingerprint density at radius 3 is 1.34 bits per heavy atom. The highest BCUT2D eigenvalue weighted by atomic mass is 79.9. The highest BCUT2D eigenvalue weighted by Crippen LogP contribution is 2.33. The van der Waals surface area contributed by atoms with Crippen molar-refractivity contribution < 1.29 is 60.8 Å². The summed E-state index contributed by atoms with van der Waals surface area (Å²) < 4.78 is 75.1. The van der Waals surface area contributed by atoms with Crippen LogP contribution in [0.4, 0.5) is 35.4 Å². The predicted octanol–water partition coefficient (Wildman–Crippen LogP) is 14.5. The Morgan fingerprint density at radius 1 is 0.491 bits per heavy atom. The summed E-state index contributed by atoms with van der Waals surface area (Å²) in [5, 5.41) is 16.2. The molecule has 3 N–H and O–H groups in total. The maximum absolute atomic E-state index is 13.6. The van der Waals surface area contributed by atoms with Crippen LogP contribution in [0.25, 0.3) is 39.5 Å². The number of fused-ring (bicyclic) bond motifs is 3. The molecule has 3 aromatic carbocycles. The van der Waals surface area contributed by atoms with Crippen LogP contribution >= 0.6 is 31.9 Å². The topological polar surface area (TPSA) is 309 Å². The third-order valence-corrected chi connectivity index (χ3v) is 18.5. The van der Waals surface area contributed by atoms with Crippen LogP contribution in [0, 0.1) is 23.4 Å². The van der Waals surface area contributed by atoms with Crippen molar-refractivity contribution >= 4 is 96.0 Å². The molecule has 0 spiro atoms. The monoisotopic (exact) mass is 1650 g/mol. The number of esters is 1. The number of nitrogens with two attached hydrogens (primary N) is 1. The first-order chi connectivity index (χ1) is 53.4. The quantitative estimate of drug-likeness (QED) is 0.0800. The summed E-state index contributed by atoms with van der Waals surface area (Å²) in [5.74, 6) is 1.36. The zero-order valence-electron chi connectivity index (χ0n) is 62.5. The number of imidazole rings is 3. The molecule has 3 aliphatic heterocycles. The number of hydrogen-bond donors (Lipinski definition) is 2. The molecule has 27 nitrogen and oxygen atoms in total. The SMILES string of the molecule is CC(C)(C)OC(=O)N[C@H]1CC(=O)N(c2ccc(Br)cn2)C1.C[C@@H](Oc1ccc2ncc(-c3ccc(N4C[C@@H](CC(=O)OC(C)(C)C)CC4=O)nc3)n2n1)c1cccc(F)c1.C[C@@H](Oc1ccc2ncc(-c3ccc(N4C[C@@H](N)CC4=O)nc3)n2n1)c1cccc(F)c1.C[C@@H](Oc1ccc2ncc(Br)n2n1)c1cccc(F)c1. The Hall–Kier alpha value is -11.8. The largest absolute Gasteiger partial charge is 0.469 e. The minimum Gasteiger partial charge on any atom is -0.469 e. The van der Waals surface area contributed by atoms with Gasteiger partial charge in [-0.2, -0.15) is 0 Å². The van der Waals surface area contributed by atoms with Crippen molar-refractivity contribution in [2.45, 2.75) is 130 Å². The molecule has 0 saturated carbocycles. The molecule has 3 aliphatic rings. The van der Waals surface area contributed by atoms with Gasteiger partial charge in [0.15, 0.2) is 16.9 Å². The second-order valence-corrected chi connectivity index (χ2v) is 30.4. The van der Waals surface area contributed by atoms with E-state index >= 15 is 0 Å². The van der Waals surface area contributed by atoms with Gasteiger partial charge in [0, 0.05) is 97.3 Å². The molecule has 3 saturated heterocycles. The molecule has 15 rings (SSSR count). The number of carbonyl (C=O) groups excluding carboxylic acids is 5. The van der Waals surface area contributed by atoms with Gasteiger partial charge in [0.05, 0.1) is 42.4 Å². The van der Waals surface area contributed by atoms with Gasteiger partial charge in [-0.15, -0.1) is 15.3 Å². The zero-order chi connectivity index (χ0) is 79.7. The fraction of sp³-hybridized carbons (Fsp3) is 0.300. The molecule has 12 aromatic rings. The van der Waals surface area contributed by atoms with Crippen LogP contribution in [0.15, 0.2) is 192 Å². The van der Waals surface area contributed by atoms with E-state index < -0.39 is 23.4 Å². The highest BCUT2D eigenvalue weighted by Gasteiger charge is 2.36. The van der Waals surface area contributed by atoms with Crippen molar-refractivity contribution in [3.63, 3.8) is 0 Å². The first kappa shape index (κ1) is 79.8. The lowest BCUT2D eigenvalue weighted by molar-refractivity contribution is -0.155. The summed E-state index contributed by atoms with van der Waals surface area (Å²) in [6.07, 6.45) is 9.50. The lowest BCUT2D eigenvalue weighted by atomic mass is 10.0. The lowest BCUT2D eigenvalue weighted by Crippen LogP contribution is -2.40. The van der Waals surface area contributed by atoms with Crippen molar-refractivity contribution in [3.05, 3.63) is 226 Å². The molecule has 3 fully saturated rings. The number of aromatic nitrogens is 12. The van der Waals surface area contributed by atoms with Gasteiger partial charge in [-0.3, -0.25) is 33.9 Å². The molecule has 0 bridgehead atoms. The van der Waals surface area contributed by atoms with Crippen molar-refractivity contribution in [1.29, 1.82) is 0 Å². The normalized spacial score (nSPS) is 16.4. The number of rotatable bonds is 17. The molecule has 580 valence electrons. The molecule has 9 aromatic heterocycles. The smallest absolute Gasteiger partial charge is 0.407 e. The number of ether oxygens (including phenoxy) is 5. The average molecular weight is 1660 g/mol. The molecular formula is C80H80Br2F3N17O10. The standard InChI is InChI=1S/C29H30FN5O4.C23H21FN6O2.C14H11BrFN3O.C14H18BrN3O3/c1-18(20-6-5-7-22(30)14-20)38-26-11-10-25-32-16-23(35(25)33-26)21-8-9-24(31-15-21)34-17-19(12-27(34)36)13-28(37)39-29(2,3)4;1-14(15-3-2-4-17(24)9-15)32-22-8-7-21-27-12-19(30(21)28-22)16-5-6-20(26-11-16)29-13-18(25)10-23(29)31;1-9(10-3-2-4-11(16)7-10)20-14-6-5-13-17-8-12(15)19(13)18-14;1-14(2,3)21-13(20)17-10-6-12(19)18(8-10)11-5-4-9(15)7-16-11/h5-11,14-16,18-19H,12-13,17H2,1-4H3;2-9,11-12,14,18H,10,13,25H2,1H3;2-9H,1H3;4-5,7,10H,6,8H2,1-3H3,(H,17,20)/t18-,19-;14-,18+;9-;10-/m1110/s1. The van der Waals surface area contributed by atoms with Crippen LogP contribution in [0.1, 0.15) is 123 Å². The Bertz CT molecular complexity index is 5370.